The lowest BCUT2D eigenvalue weighted by atomic mass is 9.85. The van der Waals surface area contributed by atoms with Gasteiger partial charge in [-0.1, -0.05) is 182 Å². The fraction of sp³-hybridized carbons (Fsp3) is 0. The first-order valence-electron chi connectivity index (χ1n) is 32.8. The van der Waals surface area contributed by atoms with Crippen molar-refractivity contribution in [1.82, 2.24) is 28.2 Å². The zero-order valence-electron chi connectivity index (χ0n) is 51.9. The van der Waals surface area contributed by atoms with Crippen molar-refractivity contribution in [3.63, 3.8) is 0 Å². The number of benzene rings is 13. The van der Waals surface area contributed by atoms with Gasteiger partial charge < -0.3 is 18.0 Å². The monoisotopic (exact) mass is 1290 g/mol. The Morgan fingerprint density at radius 3 is 1.11 bits per heavy atom. The highest BCUT2D eigenvalue weighted by molar-refractivity contribution is 7.26. The molecular formula is C87H47N7O2S2. The number of hydrogen-bond donors (Lipinski definition) is 0. The molecule has 0 spiro atoms. The van der Waals surface area contributed by atoms with Gasteiger partial charge in [-0.25, -0.2) is 9.97 Å². The van der Waals surface area contributed by atoms with E-state index in [9.17, 15) is 5.26 Å². The second-order valence-electron chi connectivity index (χ2n) is 25.3. The van der Waals surface area contributed by atoms with E-state index in [0.29, 0.717) is 34.4 Å². The van der Waals surface area contributed by atoms with Crippen molar-refractivity contribution < 1.29 is 8.83 Å². The number of nitrogens with zero attached hydrogens (tertiary/aromatic N) is 7. The number of fused-ring (bicyclic) bond motifs is 24. The molecule has 9 heterocycles. The van der Waals surface area contributed by atoms with Crippen LogP contribution in [0.4, 0.5) is 0 Å². The standard InChI is InChI=1S/C87H47N7O2S2/c88-48-59-81(91-60-35-15-7-27-51(60)76-64(91)43-45-70-78(76)57-33-13-21-41-68(57)97-70)74(49-23-3-1-4-24-49)80(75(50-25-5-2-6-26-50)82(59)92-61-36-16-8-28-52(61)77-65(92)44-46-71-79(77)58-34-14-22-42-69(58)98-71)87-89-72(93-62-37-17-9-29-53(62)85-83(93)55-31-11-19-39-66(55)95-85)47-73(90-87)94-63-38-18-10-30-54(63)86-84(94)56-32-12-20-40-67(56)96-86/h1-47H. The highest BCUT2D eigenvalue weighted by Crippen LogP contribution is 2.55. The van der Waals surface area contributed by atoms with Crippen molar-refractivity contribution >= 4 is 173 Å². The van der Waals surface area contributed by atoms with Gasteiger partial charge in [0.2, 0.25) is 0 Å². The summed E-state index contributed by atoms with van der Waals surface area (Å²) in [6.45, 7) is 0. The fourth-order valence-electron chi connectivity index (χ4n) is 16.4. The van der Waals surface area contributed by atoms with Crippen LogP contribution in [0.5, 0.6) is 0 Å². The fourth-order valence-corrected chi connectivity index (χ4v) is 18.6. The second kappa shape index (κ2) is 20.1. The van der Waals surface area contributed by atoms with E-state index in [1.165, 1.54) is 40.3 Å². The molecule has 0 fully saturated rings. The molecule has 454 valence electrons. The van der Waals surface area contributed by atoms with Gasteiger partial charge in [0.25, 0.3) is 0 Å². The zero-order valence-corrected chi connectivity index (χ0v) is 53.5. The van der Waals surface area contributed by atoms with Crippen molar-refractivity contribution in [3.05, 3.63) is 291 Å². The Morgan fingerprint density at radius 2 is 0.673 bits per heavy atom. The van der Waals surface area contributed by atoms with E-state index in [0.717, 1.165) is 137 Å². The van der Waals surface area contributed by atoms with Crippen LogP contribution in [0.3, 0.4) is 0 Å². The molecule has 0 aliphatic rings. The van der Waals surface area contributed by atoms with Crippen LogP contribution in [0.2, 0.25) is 0 Å². The van der Waals surface area contributed by atoms with Crippen LogP contribution in [0.15, 0.2) is 294 Å². The molecule has 0 aliphatic carbocycles. The first-order chi connectivity index (χ1) is 48.6. The summed E-state index contributed by atoms with van der Waals surface area (Å²) < 4.78 is 28.0. The van der Waals surface area contributed by atoms with E-state index >= 15 is 0 Å². The lowest BCUT2D eigenvalue weighted by Crippen LogP contribution is -2.13. The third-order valence-corrected chi connectivity index (χ3v) is 22.5. The van der Waals surface area contributed by atoms with Crippen molar-refractivity contribution in [2.75, 3.05) is 0 Å². The minimum atomic E-state index is 0.429. The first kappa shape index (κ1) is 53.5. The summed E-state index contributed by atoms with van der Waals surface area (Å²) in [4.78, 5) is 12.4. The molecule has 11 heteroatoms. The van der Waals surface area contributed by atoms with E-state index in [1.807, 2.05) is 46.9 Å². The Balaban J connectivity index is 1.01. The van der Waals surface area contributed by atoms with E-state index in [2.05, 4.69) is 285 Å². The summed E-state index contributed by atoms with van der Waals surface area (Å²) >= 11 is 3.62. The van der Waals surface area contributed by atoms with Gasteiger partial charge in [0.1, 0.15) is 45.5 Å². The maximum absolute atomic E-state index is 13.2. The summed E-state index contributed by atoms with van der Waals surface area (Å²) in [7, 11) is 0. The molecule has 9 aromatic heterocycles. The van der Waals surface area contributed by atoms with Gasteiger partial charge in [0, 0.05) is 106 Å². The van der Waals surface area contributed by atoms with Gasteiger partial charge in [0.15, 0.2) is 17.0 Å². The number of rotatable bonds is 7. The molecule has 0 atom stereocenters. The van der Waals surface area contributed by atoms with Crippen LogP contribution < -0.4 is 0 Å². The molecule has 0 saturated heterocycles. The minimum absolute atomic E-state index is 0.429. The SMILES string of the molecule is N#Cc1c(-n2c3ccccc3c3c4c(ccc32)sc2ccccc24)c(-c2ccccc2)c(-c2nc(-n3c4ccccc4c4oc5ccccc5c43)cc(-n3c4ccccc4c4oc5ccccc5c43)n2)c(-c2ccccc2)c1-n1c2ccccc2c2c3c(ccc21)sc1ccccc13. The van der Waals surface area contributed by atoms with Gasteiger partial charge in [-0.05, 0) is 108 Å². The van der Waals surface area contributed by atoms with Gasteiger partial charge >= 0.3 is 0 Å². The largest absolute Gasteiger partial charge is 0.454 e. The summed E-state index contributed by atoms with van der Waals surface area (Å²) in [6.07, 6.45) is 0. The van der Waals surface area contributed by atoms with E-state index in [-0.39, 0.29) is 0 Å². The summed E-state index contributed by atoms with van der Waals surface area (Å²) in [5, 5.41) is 26.1. The summed E-state index contributed by atoms with van der Waals surface area (Å²) in [5.41, 5.74) is 16.4. The lowest BCUT2D eigenvalue weighted by Gasteiger charge is -2.27. The average Bonchev–Trinajstić information content (AvgIpc) is 1.44. The Bertz CT molecular complexity index is 6840. The lowest BCUT2D eigenvalue weighted by molar-refractivity contribution is 0.672. The number of para-hydroxylation sites is 6. The quantitative estimate of drug-likeness (QED) is 0.158. The Hall–Kier alpha value is -12.9. The maximum Gasteiger partial charge on any atom is 0.165 e. The predicted molar refractivity (Wildman–Crippen MR) is 406 cm³/mol. The van der Waals surface area contributed by atoms with E-state index < -0.39 is 0 Å². The van der Waals surface area contributed by atoms with Crippen molar-refractivity contribution in [2.45, 2.75) is 0 Å². The van der Waals surface area contributed by atoms with Gasteiger partial charge in [-0.2, -0.15) is 5.26 Å². The van der Waals surface area contributed by atoms with Crippen molar-refractivity contribution in [2.24, 2.45) is 0 Å². The van der Waals surface area contributed by atoms with Gasteiger partial charge in [0.05, 0.1) is 44.5 Å². The molecule has 22 rings (SSSR count). The topological polar surface area (TPSA) is 95.6 Å². The van der Waals surface area contributed by atoms with E-state index in [1.54, 1.807) is 0 Å². The van der Waals surface area contributed by atoms with Crippen LogP contribution >= 0.6 is 22.7 Å². The molecule has 0 bridgehead atoms. The Morgan fingerprint density at radius 1 is 0.306 bits per heavy atom. The zero-order chi connectivity index (χ0) is 64.0. The van der Waals surface area contributed by atoms with E-state index in [4.69, 9.17) is 18.8 Å². The number of furan rings is 2. The third kappa shape index (κ3) is 7.20. The molecule has 13 aromatic carbocycles. The average molecular weight is 1290 g/mol. The van der Waals surface area contributed by atoms with Crippen LogP contribution in [0, 0.1) is 11.3 Å². The molecule has 98 heavy (non-hydrogen) atoms. The molecule has 0 saturated carbocycles. The number of aromatic nitrogens is 6. The maximum atomic E-state index is 13.2. The molecule has 0 aliphatic heterocycles. The summed E-state index contributed by atoms with van der Waals surface area (Å²) in [6, 6.07) is 104. The molecule has 9 nitrogen and oxygen atoms in total. The third-order valence-electron chi connectivity index (χ3n) is 20.2. The highest BCUT2D eigenvalue weighted by atomic mass is 32.1. The molecule has 0 amide bonds. The Kier molecular flexibility index (Phi) is 11.0. The van der Waals surface area contributed by atoms with Gasteiger partial charge in [-0.15, -0.1) is 22.7 Å². The second-order valence-corrected chi connectivity index (χ2v) is 27.4. The molecular weight excluding hydrogens is 1240 g/mol. The molecule has 0 N–H and O–H groups in total. The number of nitriles is 1. The van der Waals surface area contributed by atoms with Crippen LogP contribution in [0.1, 0.15) is 5.56 Å². The van der Waals surface area contributed by atoms with Gasteiger partial charge in [-0.3, -0.25) is 9.13 Å². The van der Waals surface area contributed by atoms with Crippen LogP contribution in [-0.2, 0) is 0 Å². The predicted octanol–water partition coefficient (Wildman–Crippen LogP) is 24.0. The molecule has 0 unspecified atom stereocenters. The Labute approximate surface area is 564 Å². The molecule has 22 aromatic rings. The first-order valence-corrected chi connectivity index (χ1v) is 34.4. The van der Waals surface area contributed by atoms with Crippen LogP contribution in [0.25, 0.3) is 207 Å². The van der Waals surface area contributed by atoms with Crippen molar-refractivity contribution in [1.29, 1.82) is 5.26 Å². The highest BCUT2D eigenvalue weighted by Gasteiger charge is 2.35. The smallest absolute Gasteiger partial charge is 0.165 e. The normalized spacial score (nSPS) is 12.3. The number of hydrogen-bond acceptors (Lipinski definition) is 7. The molecule has 0 radical (unpaired) electrons. The summed E-state index contributed by atoms with van der Waals surface area (Å²) in [5.74, 6) is 1.65. The minimum Gasteiger partial charge on any atom is -0.454 e. The van der Waals surface area contributed by atoms with Crippen molar-refractivity contribution in [3.8, 4) is 62.7 Å². The van der Waals surface area contributed by atoms with Crippen LogP contribution in [-0.4, -0.2) is 28.2 Å². The number of thiophene rings is 2.